The molecule has 1 unspecified atom stereocenters. The van der Waals surface area contributed by atoms with Crippen LogP contribution < -0.4 is 5.73 Å². The Labute approximate surface area is 100 Å². The van der Waals surface area contributed by atoms with Gasteiger partial charge >= 0.3 is 0 Å². The number of rotatable bonds is 6. The molecular formula is C14H27NO. The summed E-state index contributed by atoms with van der Waals surface area (Å²) in [5, 5.41) is 0. The normalized spacial score (nSPS) is 22.4. The van der Waals surface area contributed by atoms with Gasteiger partial charge in [0.1, 0.15) is 0 Å². The molecule has 1 fully saturated rings. The van der Waals surface area contributed by atoms with Crippen molar-refractivity contribution in [2.24, 2.45) is 5.73 Å². The van der Waals surface area contributed by atoms with E-state index in [0.29, 0.717) is 0 Å². The Morgan fingerprint density at radius 1 is 1.31 bits per heavy atom. The van der Waals surface area contributed by atoms with E-state index in [0.717, 1.165) is 32.3 Å². The van der Waals surface area contributed by atoms with Gasteiger partial charge in [0.2, 0.25) is 0 Å². The van der Waals surface area contributed by atoms with Crippen molar-refractivity contribution < 1.29 is 4.74 Å². The average Bonchev–Trinajstić information content (AvgIpc) is 2.53. The van der Waals surface area contributed by atoms with Gasteiger partial charge in [-0.2, -0.15) is 0 Å². The van der Waals surface area contributed by atoms with Crippen molar-refractivity contribution in [3.05, 3.63) is 12.7 Å². The van der Waals surface area contributed by atoms with E-state index in [9.17, 15) is 0 Å². The van der Waals surface area contributed by atoms with Crippen LogP contribution in [-0.2, 0) is 4.74 Å². The van der Waals surface area contributed by atoms with Crippen molar-refractivity contribution in [2.75, 3.05) is 6.61 Å². The van der Waals surface area contributed by atoms with Crippen molar-refractivity contribution in [3.63, 3.8) is 0 Å². The Hall–Kier alpha value is -0.340. The van der Waals surface area contributed by atoms with Crippen LogP contribution in [-0.4, -0.2) is 18.2 Å². The van der Waals surface area contributed by atoms with Gasteiger partial charge in [0.25, 0.3) is 0 Å². The van der Waals surface area contributed by atoms with Crippen LogP contribution in [0.5, 0.6) is 0 Å². The van der Waals surface area contributed by atoms with Gasteiger partial charge < -0.3 is 10.5 Å². The minimum atomic E-state index is -0.0474. The summed E-state index contributed by atoms with van der Waals surface area (Å²) in [7, 11) is 0. The van der Waals surface area contributed by atoms with Crippen LogP contribution >= 0.6 is 0 Å². The van der Waals surface area contributed by atoms with E-state index in [-0.39, 0.29) is 11.6 Å². The van der Waals surface area contributed by atoms with Crippen LogP contribution in [0.1, 0.15) is 58.3 Å². The number of ether oxygens (including phenoxy) is 1. The number of hydrogen-bond acceptors (Lipinski definition) is 2. The summed E-state index contributed by atoms with van der Waals surface area (Å²) in [6.45, 7) is 6.62. The summed E-state index contributed by atoms with van der Waals surface area (Å²) in [6, 6.07) is 0.170. The maximum atomic E-state index is 6.35. The first-order valence-electron chi connectivity index (χ1n) is 6.75. The van der Waals surface area contributed by atoms with Crippen LogP contribution in [0.25, 0.3) is 0 Å². The summed E-state index contributed by atoms with van der Waals surface area (Å²) in [5.41, 5.74) is 6.30. The molecule has 1 rings (SSSR count). The maximum Gasteiger partial charge on any atom is 0.0832 e. The van der Waals surface area contributed by atoms with Gasteiger partial charge in [-0.15, -0.1) is 6.58 Å². The molecule has 1 aliphatic carbocycles. The molecule has 0 aromatic heterocycles. The molecule has 1 atom stereocenters. The first-order chi connectivity index (χ1) is 7.75. The summed E-state index contributed by atoms with van der Waals surface area (Å²) >= 11 is 0. The molecule has 0 aliphatic heterocycles. The minimum absolute atomic E-state index is 0.0474. The van der Waals surface area contributed by atoms with E-state index in [1.165, 1.54) is 25.7 Å². The third-order valence-electron chi connectivity index (χ3n) is 3.74. The van der Waals surface area contributed by atoms with Gasteiger partial charge in [-0.05, 0) is 32.6 Å². The van der Waals surface area contributed by atoms with E-state index < -0.39 is 0 Å². The third-order valence-corrected chi connectivity index (χ3v) is 3.74. The highest BCUT2D eigenvalue weighted by Crippen LogP contribution is 2.34. The lowest BCUT2D eigenvalue weighted by Gasteiger charge is -2.38. The topological polar surface area (TPSA) is 35.2 Å². The van der Waals surface area contributed by atoms with Crippen LogP contribution in [0.15, 0.2) is 12.7 Å². The summed E-state index contributed by atoms with van der Waals surface area (Å²) < 4.78 is 6.05. The molecule has 2 N–H and O–H groups in total. The molecule has 16 heavy (non-hydrogen) atoms. The van der Waals surface area contributed by atoms with E-state index in [1.807, 2.05) is 6.08 Å². The standard InChI is InChI=1S/C14H27NO/c1-3-5-10-13(15)14(16-4-2)11-8-6-7-9-12-14/h3,13H,1,4-12,15H2,2H3. The molecule has 2 heteroatoms. The fourth-order valence-corrected chi connectivity index (χ4v) is 2.80. The Kier molecular flexibility index (Phi) is 6.07. The molecule has 0 spiro atoms. The molecule has 0 saturated heterocycles. The predicted octanol–water partition coefficient (Wildman–Crippen LogP) is 3.41. The molecule has 0 aromatic rings. The third kappa shape index (κ3) is 3.60. The number of hydrogen-bond donors (Lipinski definition) is 1. The molecule has 0 amide bonds. The fourth-order valence-electron chi connectivity index (χ4n) is 2.80. The van der Waals surface area contributed by atoms with Crippen molar-refractivity contribution >= 4 is 0 Å². The first kappa shape index (κ1) is 13.7. The van der Waals surface area contributed by atoms with E-state index in [2.05, 4.69) is 13.5 Å². The number of nitrogens with two attached hydrogens (primary N) is 1. The van der Waals surface area contributed by atoms with Crippen molar-refractivity contribution in [2.45, 2.75) is 69.9 Å². The second kappa shape index (κ2) is 7.08. The predicted molar refractivity (Wildman–Crippen MR) is 69.5 cm³/mol. The Morgan fingerprint density at radius 2 is 1.94 bits per heavy atom. The van der Waals surface area contributed by atoms with E-state index >= 15 is 0 Å². The lowest BCUT2D eigenvalue weighted by atomic mass is 9.84. The smallest absolute Gasteiger partial charge is 0.0832 e. The Balaban J connectivity index is 2.63. The van der Waals surface area contributed by atoms with Crippen molar-refractivity contribution in [3.8, 4) is 0 Å². The molecule has 94 valence electrons. The second-order valence-electron chi connectivity index (χ2n) is 4.88. The SMILES string of the molecule is C=CCCC(N)C1(OCC)CCCCCC1. The molecule has 2 nitrogen and oxygen atoms in total. The molecule has 0 heterocycles. The first-order valence-corrected chi connectivity index (χ1v) is 6.75. The fraction of sp³-hybridized carbons (Fsp3) is 0.857. The maximum absolute atomic E-state index is 6.35. The lowest BCUT2D eigenvalue weighted by molar-refractivity contribution is -0.0698. The molecular weight excluding hydrogens is 198 g/mol. The zero-order chi connectivity index (χ0) is 11.9. The highest BCUT2D eigenvalue weighted by atomic mass is 16.5. The Bertz CT molecular complexity index is 195. The minimum Gasteiger partial charge on any atom is -0.374 e. The molecule has 0 radical (unpaired) electrons. The van der Waals surface area contributed by atoms with Gasteiger partial charge in [-0.25, -0.2) is 0 Å². The highest BCUT2D eigenvalue weighted by molar-refractivity contribution is 4.93. The van der Waals surface area contributed by atoms with Gasteiger partial charge in [0.05, 0.1) is 5.60 Å². The van der Waals surface area contributed by atoms with Crippen molar-refractivity contribution in [1.29, 1.82) is 0 Å². The van der Waals surface area contributed by atoms with E-state index in [4.69, 9.17) is 10.5 Å². The van der Waals surface area contributed by atoms with Gasteiger partial charge in [-0.3, -0.25) is 0 Å². The molecule has 1 aliphatic rings. The molecule has 0 bridgehead atoms. The summed E-state index contributed by atoms with van der Waals surface area (Å²) in [6.07, 6.45) is 11.4. The van der Waals surface area contributed by atoms with Crippen LogP contribution in [0, 0.1) is 0 Å². The van der Waals surface area contributed by atoms with Gasteiger partial charge in [0.15, 0.2) is 0 Å². The highest BCUT2D eigenvalue weighted by Gasteiger charge is 2.37. The van der Waals surface area contributed by atoms with Crippen LogP contribution in [0.3, 0.4) is 0 Å². The quantitative estimate of drug-likeness (QED) is 0.555. The zero-order valence-electron chi connectivity index (χ0n) is 10.7. The van der Waals surface area contributed by atoms with Crippen molar-refractivity contribution in [1.82, 2.24) is 0 Å². The van der Waals surface area contributed by atoms with Crippen LogP contribution in [0.2, 0.25) is 0 Å². The monoisotopic (exact) mass is 225 g/mol. The number of allylic oxidation sites excluding steroid dienone is 1. The lowest BCUT2D eigenvalue weighted by Crippen LogP contribution is -2.49. The molecule has 1 saturated carbocycles. The summed E-state index contributed by atoms with van der Waals surface area (Å²) in [4.78, 5) is 0. The molecule has 0 aromatic carbocycles. The summed E-state index contributed by atoms with van der Waals surface area (Å²) in [5.74, 6) is 0. The largest absolute Gasteiger partial charge is 0.374 e. The second-order valence-corrected chi connectivity index (χ2v) is 4.88. The van der Waals surface area contributed by atoms with Gasteiger partial charge in [-0.1, -0.05) is 31.8 Å². The zero-order valence-corrected chi connectivity index (χ0v) is 10.7. The Morgan fingerprint density at radius 3 is 2.44 bits per heavy atom. The van der Waals surface area contributed by atoms with Crippen LogP contribution in [0.4, 0.5) is 0 Å². The average molecular weight is 225 g/mol. The van der Waals surface area contributed by atoms with Gasteiger partial charge in [0, 0.05) is 12.6 Å². The van der Waals surface area contributed by atoms with E-state index in [1.54, 1.807) is 0 Å².